The summed E-state index contributed by atoms with van der Waals surface area (Å²) in [5.74, 6) is -0.0271. The highest BCUT2D eigenvalue weighted by Gasteiger charge is 2.45. The molecule has 3 N–H and O–H groups in total. The summed E-state index contributed by atoms with van der Waals surface area (Å²) in [4.78, 5) is 29.6. The van der Waals surface area contributed by atoms with Crippen LogP contribution in [0.15, 0.2) is 29.8 Å². The van der Waals surface area contributed by atoms with E-state index >= 15 is 0 Å². The average molecular weight is 398 g/mol. The topological polar surface area (TPSA) is 99.8 Å². The summed E-state index contributed by atoms with van der Waals surface area (Å²) in [6.07, 6.45) is 3.59. The number of aromatic amines is 1. The predicted molar refractivity (Wildman–Crippen MR) is 109 cm³/mol. The van der Waals surface area contributed by atoms with Crippen LogP contribution in [0.4, 0.5) is 5.69 Å². The molecule has 2 amide bonds. The Labute approximate surface area is 166 Å². The summed E-state index contributed by atoms with van der Waals surface area (Å²) in [7, 11) is 0. The number of hydrogen-bond acceptors (Lipinski definition) is 5. The summed E-state index contributed by atoms with van der Waals surface area (Å²) in [5, 5.41) is 16.3. The first kappa shape index (κ1) is 18.6. The molecule has 1 aliphatic carbocycles. The minimum absolute atomic E-state index is 0.0697. The summed E-state index contributed by atoms with van der Waals surface area (Å²) in [6, 6.07) is 5.36. The maximum Gasteiger partial charge on any atom is 0.275 e. The van der Waals surface area contributed by atoms with Gasteiger partial charge in [0.25, 0.3) is 5.91 Å². The molecule has 146 valence electrons. The molecule has 1 aromatic carbocycles. The Morgan fingerprint density at radius 1 is 1.29 bits per heavy atom. The number of nitrogens with one attached hydrogen (secondary N) is 3. The second kappa shape index (κ2) is 7.01. The Morgan fingerprint density at radius 2 is 2.07 bits per heavy atom. The predicted octanol–water partition coefficient (Wildman–Crippen LogP) is 3.89. The summed E-state index contributed by atoms with van der Waals surface area (Å²) < 4.78 is 0. The molecule has 1 saturated carbocycles. The van der Waals surface area contributed by atoms with Crippen molar-refractivity contribution in [1.29, 1.82) is 0 Å². The standard InChI is InChI=1S/C20H23N5O2S/c1-11(2)16(24-19(27)20(3)6-7-20)18-23-15(10-28-18)17(26)22-13-5-4-12-9-21-25-14(12)8-13/h4-5,8-11,16H,6-7H2,1-3H3,(H,21,25)(H,22,26)(H,24,27)/t16-/m1/s1. The third kappa shape index (κ3) is 3.64. The van der Waals surface area contributed by atoms with E-state index in [0.717, 1.165) is 28.8 Å². The Morgan fingerprint density at radius 3 is 2.79 bits per heavy atom. The van der Waals surface area contributed by atoms with E-state index in [4.69, 9.17) is 0 Å². The van der Waals surface area contributed by atoms with E-state index in [1.807, 2.05) is 39.0 Å². The number of carbonyl (C=O) groups excluding carboxylic acids is 2. The average Bonchev–Trinajstić information content (AvgIpc) is 3.09. The van der Waals surface area contributed by atoms with Gasteiger partial charge in [-0.2, -0.15) is 5.10 Å². The smallest absolute Gasteiger partial charge is 0.275 e. The van der Waals surface area contributed by atoms with Crippen LogP contribution in [0.5, 0.6) is 0 Å². The lowest BCUT2D eigenvalue weighted by molar-refractivity contribution is -0.126. The Bertz CT molecular complexity index is 1030. The molecule has 0 saturated heterocycles. The number of nitrogens with zero attached hydrogens (tertiary/aromatic N) is 2. The number of rotatable bonds is 6. The zero-order valence-electron chi connectivity index (χ0n) is 16.1. The summed E-state index contributed by atoms with van der Waals surface area (Å²) >= 11 is 1.40. The molecule has 2 heterocycles. The number of carbonyl (C=O) groups is 2. The van der Waals surface area contributed by atoms with Crippen molar-refractivity contribution in [2.24, 2.45) is 11.3 Å². The van der Waals surface area contributed by atoms with Crippen LogP contribution in [0.3, 0.4) is 0 Å². The van der Waals surface area contributed by atoms with Gasteiger partial charge in [-0.25, -0.2) is 4.98 Å². The minimum atomic E-state index is -0.274. The van der Waals surface area contributed by atoms with E-state index in [-0.39, 0.29) is 29.2 Å². The van der Waals surface area contributed by atoms with Crippen LogP contribution in [0.25, 0.3) is 10.9 Å². The van der Waals surface area contributed by atoms with E-state index in [1.165, 1.54) is 11.3 Å². The Balaban J connectivity index is 1.48. The van der Waals surface area contributed by atoms with Crippen molar-refractivity contribution in [2.75, 3.05) is 5.32 Å². The molecule has 7 nitrogen and oxygen atoms in total. The fraction of sp³-hybridized carbons (Fsp3) is 0.400. The normalized spacial score (nSPS) is 16.1. The molecule has 4 rings (SSSR count). The molecule has 2 aromatic heterocycles. The number of H-pyrrole nitrogens is 1. The molecule has 0 spiro atoms. The van der Waals surface area contributed by atoms with Gasteiger partial charge in [0.05, 0.1) is 17.8 Å². The minimum Gasteiger partial charge on any atom is -0.346 e. The molecule has 8 heteroatoms. The second-order valence-electron chi connectivity index (χ2n) is 7.95. The van der Waals surface area contributed by atoms with E-state index in [1.54, 1.807) is 11.6 Å². The highest BCUT2D eigenvalue weighted by Crippen LogP contribution is 2.45. The number of benzene rings is 1. The number of fused-ring (bicyclic) bond motifs is 1. The maximum absolute atomic E-state index is 12.6. The third-order valence-corrected chi connectivity index (χ3v) is 6.15. The summed E-state index contributed by atoms with van der Waals surface area (Å²) in [5.41, 5.74) is 1.64. The SMILES string of the molecule is CC(C)[C@@H](NC(=O)C1(C)CC1)c1nc(C(=O)Nc2ccc3cn[nH]c3c2)cs1. The second-order valence-corrected chi connectivity index (χ2v) is 8.84. The molecule has 0 bridgehead atoms. The van der Waals surface area contributed by atoms with E-state index in [0.29, 0.717) is 11.4 Å². The van der Waals surface area contributed by atoms with Crippen LogP contribution in [0.1, 0.15) is 55.2 Å². The number of thiazole rings is 1. The lowest BCUT2D eigenvalue weighted by Crippen LogP contribution is -2.36. The molecule has 1 aliphatic rings. The van der Waals surface area contributed by atoms with Gasteiger partial charge in [-0.3, -0.25) is 14.7 Å². The van der Waals surface area contributed by atoms with Crippen LogP contribution >= 0.6 is 11.3 Å². The van der Waals surface area contributed by atoms with Gasteiger partial charge < -0.3 is 10.6 Å². The first-order chi connectivity index (χ1) is 13.4. The zero-order chi connectivity index (χ0) is 19.9. The molecule has 0 aliphatic heterocycles. The number of aromatic nitrogens is 3. The number of anilines is 1. The van der Waals surface area contributed by atoms with Crippen molar-refractivity contribution in [3.8, 4) is 0 Å². The van der Waals surface area contributed by atoms with Gasteiger partial charge in [-0.05, 0) is 37.0 Å². The van der Waals surface area contributed by atoms with Crippen molar-refractivity contribution in [1.82, 2.24) is 20.5 Å². The van der Waals surface area contributed by atoms with Gasteiger partial charge in [-0.1, -0.05) is 20.8 Å². The van der Waals surface area contributed by atoms with Crippen LogP contribution in [-0.2, 0) is 4.79 Å². The Hall–Kier alpha value is -2.74. The lowest BCUT2D eigenvalue weighted by Gasteiger charge is -2.22. The van der Waals surface area contributed by atoms with Gasteiger partial charge in [0.15, 0.2) is 0 Å². The first-order valence-corrected chi connectivity index (χ1v) is 10.2. The maximum atomic E-state index is 12.6. The quantitative estimate of drug-likeness (QED) is 0.587. The van der Waals surface area contributed by atoms with Gasteiger partial charge in [0.1, 0.15) is 10.7 Å². The van der Waals surface area contributed by atoms with Crippen molar-refractivity contribution >= 4 is 39.7 Å². The van der Waals surface area contributed by atoms with Gasteiger partial charge in [-0.15, -0.1) is 11.3 Å². The zero-order valence-corrected chi connectivity index (χ0v) is 16.9. The highest BCUT2D eigenvalue weighted by molar-refractivity contribution is 7.10. The number of hydrogen-bond donors (Lipinski definition) is 3. The van der Waals surface area contributed by atoms with Crippen LogP contribution < -0.4 is 10.6 Å². The highest BCUT2D eigenvalue weighted by atomic mass is 32.1. The molecule has 3 aromatic rings. The number of amides is 2. The molecule has 0 unspecified atom stereocenters. The fourth-order valence-corrected chi connectivity index (χ4v) is 4.01. The third-order valence-electron chi connectivity index (χ3n) is 5.22. The van der Waals surface area contributed by atoms with Gasteiger partial charge in [0, 0.05) is 21.9 Å². The van der Waals surface area contributed by atoms with Crippen LogP contribution in [0.2, 0.25) is 0 Å². The molecule has 28 heavy (non-hydrogen) atoms. The molecule has 1 fully saturated rings. The largest absolute Gasteiger partial charge is 0.346 e. The van der Waals surface area contributed by atoms with E-state index < -0.39 is 0 Å². The van der Waals surface area contributed by atoms with Crippen molar-refractivity contribution < 1.29 is 9.59 Å². The molecule has 1 atom stereocenters. The first-order valence-electron chi connectivity index (χ1n) is 9.36. The molecule has 0 radical (unpaired) electrons. The van der Waals surface area contributed by atoms with Crippen LogP contribution in [-0.4, -0.2) is 27.0 Å². The van der Waals surface area contributed by atoms with Gasteiger partial charge >= 0.3 is 0 Å². The van der Waals surface area contributed by atoms with E-state index in [2.05, 4.69) is 25.8 Å². The monoisotopic (exact) mass is 397 g/mol. The van der Waals surface area contributed by atoms with Crippen LogP contribution in [0, 0.1) is 11.3 Å². The molecular formula is C20H23N5O2S. The van der Waals surface area contributed by atoms with Gasteiger partial charge in [0.2, 0.25) is 5.91 Å². The Kier molecular flexibility index (Phi) is 4.66. The molecular weight excluding hydrogens is 374 g/mol. The lowest BCUT2D eigenvalue weighted by atomic mass is 10.0. The van der Waals surface area contributed by atoms with Crippen molar-refractivity contribution in [3.63, 3.8) is 0 Å². The summed E-state index contributed by atoms with van der Waals surface area (Å²) in [6.45, 7) is 6.07. The van der Waals surface area contributed by atoms with Crippen molar-refractivity contribution in [2.45, 2.75) is 39.7 Å². The van der Waals surface area contributed by atoms with Crippen molar-refractivity contribution in [3.05, 3.63) is 40.5 Å². The van der Waals surface area contributed by atoms with E-state index in [9.17, 15) is 9.59 Å². The fourth-order valence-electron chi connectivity index (χ4n) is 2.99.